The maximum Gasteiger partial charge on any atom is 0.315 e. The Hall–Kier alpha value is -1.30. The van der Waals surface area contributed by atoms with Crippen LogP contribution in [0.2, 0.25) is 0 Å². The Morgan fingerprint density at radius 3 is 2.70 bits per heavy atom. The molecule has 1 saturated heterocycles. The van der Waals surface area contributed by atoms with Crippen LogP contribution in [-0.2, 0) is 9.53 Å². The zero-order valence-electron chi connectivity index (χ0n) is 11.9. The number of ether oxygens (including phenoxy) is 1. The Labute approximate surface area is 119 Å². The van der Waals surface area contributed by atoms with E-state index in [1.807, 2.05) is 0 Å². The zero-order valence-corrected chi connectivity index (χ0v) is 11.9. The van der Waals surface area contributed by atoms with Crippen LogP contribution >= 0.6 is 0 Å². The summed E-state index contributed by atoms with van der Waals surface area (Å²) in [5, 5.41) is 14.6. The summed E-state index contributed by atoms with van der Waals surface area (Å²) >= 11 is 0. The molecule has 114 valence electrons. The Balaban J connectivity index is 1.73. The van der Waals surface area contributed by atoms with E-state index in [1.165, 1.54) is 19.3 Å². The maximum atomic E-state index is 11.8. The van der Waals surface area contributed by atoms with E-state index in [2.05, 4.69) is 17.6 Å². The number of rotatable bonds is 4. The van der Waals surface area contributed by atoms with Crippen LogP contribution in [0, 0.1) is 17.8 Å². The molecule has 4 atom stereocenters. The van der Waals surface area contributed by atoms with Gasteiger partial charge in [-0.05, 0) is 18.3 Å². The fourth-order valence-corrected chi connectivity index (χ4v) is 3.08. The predicted molar refractivity (Wildman–Crippen MR) is 73.4 cm³/mol. The molecule has 6 heteroatoms. The monoisotopic (exact) mass is 284 g/mol. The summed E-state index contributed by atoms with van der Waals surface area (Å²) in [6, 6.07) is -0.721. The van der Waals surface area contributed by atoms with Crippen LogP contribution in [0.4, 0.5) is 4.79 Å². The highest BCUT2D eigenvalue weighted by atomic mass is 16.5. The van der Waals surface area contributed by atoms with Crippen molar-refractivity contribution in [2.24, 2.45) is 17.8 Å². The lowest BCUT2D eigenvalue weighted by atomic mass is 9.80. The standard InChI is InChI=1S/C14H24N2O4/c1-9-4-2-3-5-10(9)6-15-14(19)16-12-8-20-7-11(12)13(17)18/h9-12H,2-8H2,1H3,(H,17,18)(H2,15,16,19). The van der Waals surface area contributed by atoms with Crippen LogP contribution in [0.5, 0.6) is 0 Å². The highest BCUT2D eigenvalue weighted by molar-refractivity contribution is 5.77. The quantitative estimate of drug-likeness (QED) is 0.724. The molecule has 0 radical (unpaired) electrons. The second kappa shape index (κ2) is 6.92. The number of urea groups is 1. The smallest absolute Gasteiger partial charge is 0.315 e. The van der Waals surface area contributed by atoms with Gasteiger partial charge >= 0.3 is 12.0 Å². The lowest BCUT2D eigenvalue weighted by Crippen LogP contribution is -2.48. The van der Waals surface area contributed by atoms with Crippen molar-refractivity contribution in [3.05, 3.63) is 0 Å². The van der Waals surface area contributed by atoms with Gasteiger partial charge in [0.25, 0.3) is 0 Å². The first-order valence-electron chi connectivity index (χ1n) is 7.43. The number of carbonyl (C=O) groups is 2. The number of carboxylic acid groups (broad SMARTS) is 1. The first-order valence-corrected chi connectivity index (χ1v) is 7.43. The molecule has 1 aliphatic carbocycles. The van der Waals surface area contributed by atoms with Crippen molar-refractivity contribution >= 4 is 12.0 Å². The minimum Gasteiger partial charge on any atom is -0.481 e. The SMILES string of the molecule is CC1CCCCC1CNC(=O)NC1COCC1C(=O)O. The highest BCUT2D eigenvalue weighted by Gasteiger charge is 2.35. The van der Waals surface area contributed by atoms with E-state index < -0.39 is 17.9 Å². The van der Waals surface area contributed by atoms with Crippen molar-refractivity contribution in [1.29, 1.82) is 0 Å². The second-order valence-corrected chi connectivity index (χ2v) is 5.96. The molecule has 1 saturated carbocycles. The van der Waals surface area contributed by atoms with E-state index in [1.54, 1.807) is 0 Å². The summed E-state index contributed by atoms with van der Waals surface area (Å²) in [6.07, 6.45) is 4.90. The summed E-state index contributed by atoms with van der Waals surface area (Å²) in [5.74, 6) is -0.390. The molecule has 4 unspecified atom stereocenters. The van der Waals surface area contributed by atoms with Gasteiger partial charge in [-0.3, -0.25) is 4.79 Å². The third-order valence-electron chi connectivity index (χ3n) is 4.53. The molecule has 1 aliphatic heterocycles. The van der Waals surface area contributed by atoms with Crippen LogP contribution < -0.4 is 10.6 Å². The summed E-state index contributed by atoms with van der Waals surface area (Å²) in [7, 11) is 0. The van der Waals surface area contributed by atoms with Gasteiger partial charge in [0, 0.05) is 6.54 Å². The zero-order chi connectivity index (χ0) is 14.5. The number of hydrogen-bond donors (Lipinski definition) is 3. The fourth-order valence-electron chi connectivity index (χ4n) is 3.08. The van der Waals surface area contributed by atoms with E-state index in [0.29, 0.717) is 18.4 Å². The van der Waals surface area contributed by atoms with Crippen LogP contribution in [0.3, 0.4) is 0 Å². The van der Waals surface area contributed by atoms with Gasteiger partial charge in [0.15, 0.2) is 0 Å². The number of carbonyl (C=O) groups excluding carboxylic acids is 1. The summed E-state index contributed by atoms with van der Waals surface area (Å²) in [6.45, 7) is 3.33. The maximum absolute atomic E-state index is 11.8. The van der Waals surface area contributed by atoms with Crippen LogP contribution in [0.1, 0.15) is 32.6 Å². The normalized spacial score (nSPS) is 33.6. The molecule has 6 nitrogen and oxygen atoms in total. The molecule has 2 amide bonds. The molecule has 0 bridgehead atoms. The van der Waals surface area contributed by atoms with Gasteiger partial charge in [0.2, 0.25) is 0 Å². The number of nitrogens with one attached hydrogen (secondary N) is 2. The molecule has 0 aromatic rings. The number of carboxylic acids is 1. The molecule has 0 spiro atoms. The minimum atomic E-state index is -0.922. The molecular formula is C14H24N2O4. The first kappa shape index (κ1) is 15.1. The number of aliphatic carboxylic acids is 1. The molecule has 20 heavy (non-hydrogen) atoms. The number of hydrogen-bond acceptors (Lipinski definition) is 3. The minimum absolute atomic E-state index is 0.167. The average molecular weight is 284 g/mol. The molecule has 0 aromatic heterocycles. The lowest BCUT2D eigenvalue weighted by molar-refractivity contribution is -0.142. The Kier molecular flexibility index (Phi) is 5.23. The summed E-state index contributed by atoms with van der Waals surface area (Å²) in [4.78, 5) is 22.8. The van der Waals surface area contributed by atoms with Crippen LogP contribution in [0.25, 0.3) is 0 Å². The number of amides is 2. The first-order chi connectivity index (χ1) is 9.58. The Morgan fingerprint density at radius 2 is 2.00 bits per heavy atom. The van der Waals surface area contributed by atoms with Crippen molar-refractivity contribution < 1.29 is 19.4 Å². The third-order valence-corrected chi connectivity index (χ3v) is 4.53. The van der Waals surface area contributed by atoms with Crippen LogP contribution in [0.15, 0.2) is 0 Å². The molecule has 0 aromatic carbocycles. The second-order valence-electron chi connectivity index (χ2n) is 5.96. The molecule has 2 aliphatic rings. The van der Waals surface area contributed by atoms with E-state index in [-0.39, 0.29) is 19.2 Å². The Bertz CT molecular complexity index is 361. The predicted octanol–water partition coefficient (Wildman–Crippen LogP) is 1.21. The average Bonchev–Trinajstić information content (AvgIpc) is 2.86. The van der Waals surface area contributed by atoms with Gasteiger partial charge < -0.3 is 20.5 Å². The van der Waals surface area contributed by atoms with Gasteiger partial charge in [0.1, 0.15) is 5.92 Å². The highest BCUT2D eigenvalue weighted by Crippen LogP contribution is 2.28. The summed E-state index contributed by atoms with van der Waals surface area (Å²) in [5.41, 5.74) is 0. The van der Waals surface area contributed by atoms with Crippen molar-refractivity contribution in [2.75, 3.05) is 19.8 Å². The van der Waals surface area contributed by atoms with Crippen molar-refractivity contribution in [2.45, 2.75) is 38.6 Å². The largest absolute Gasteiger partial charge is 0.481 e. The van der Waals surface area contributed by atoms with Gasteiger partial charge in [-0.1, -0.05) is 26.2 Å². The lowest BCUT2D eigenvalue weighted by Gasteiger charge is -2.29. The van der Waals surface area contributed by atoms with Crippen molar-refractivity contribution in [3.8, 4) is 0 Å². The van der Waals surface area contributed by atoms with E-state index in [4.69, 9.17) is 9.84 Å². The van der Waals surface area contributed by atoms with Gasteiger partial charge in [0.05, 0.1) is 19.3 Å². The van der Waals surface area contributed by atoms with Gasteiger partial charge in [-0.15, -0.1) is 0 Å². The van der Waals surface area contributed by atoms with Crippen molar-refractivity contribution in [1.82, 2.24) is 10.6 Å². The summed E-state index contributed by atoms with van der Waals surface area (Å²) < 4.78 is 5.12. The molecular weight excluding hydrogens is 260 g/mol. The van der Waals surface area contributed by atoms with Gasteiger partial charge in [-0.2, -0.15) is 0 Å². The molecule has 1 heterocycles. The topological polar surface area (TPSA) is 87.7 Å². The van der Waals surface area contributed by atoms with Crippen molar-refractivity contribution in [3.63, 3.8) is 0 Å². The molecule has 2 rings (SSSR count). The van der Waals surface area contributed by atoms with E-state index in [9.17, 15) is 9.59 Å². The molecule has 2 fully saturated rings. The molecule has 3 N–H and O–H groups in total. The third kappa shape index (κ3) is 3.85. The fraction of sp³-hybridized carbons (Fsp3) is 0.857. The van der Waals surface area contributed by atoms with E-state index >= 15 is 0 Å². The van der Waals surface area contributed by atoms with E-state index in [0.717, 1.165) is 6.42 Å². The van der Waals surface area contributed by atoms with Gasteiger partial charge in [-0.25, -0.2) is 4.79 Å². The van der Waals surface area contributed by atoms with Crippen LogP contribution in [-0.4, -0.2) is 42.9 Å². The Morgan fingerprint density at radius 1 is 1.25 bits per heavy atom.